The minimum absolute atomic E-state index is 0.223. The third-order valence-corrected chi connectivity index (χ3v) is 6.07. The lowest BCUT2D eigenvalue weighted by atomic mass is 10.2. The highest BCUT2D eigenvalue weighted by molar-refractivity contribution is 7.90. The lowest BCUT2D eigenvalue weighted by molar-refractivity contribution is -0.144. The van der Waals surface area contributed by atoms with Crippen molar-refractivity contribution in [2.24, 2.45) is 4.99 Å². The lowest BCUT2D eigenvalue weighted by Crippen LogP contribution is -2.22. The second kappa shape index (κ2) is 10.2. The Morgan fingerprint density at radius 1 is 1.00 bits per heavy atom. The van der Waals surface area contributed by atoms with E-state index in [0.717, 1.165) is 24.2 Å². The highest BCUT2D eigenvalue weighted by Gasteiger charge is 2.29. The van der Waals surface area contributed by atoms with Crippen molar-refractivity contribution in [2.75, 3.05) is 19.8 Å². The van der Waals surface area contributed by atoms with Crippen LogP contribution in [-0.2, 0) is 19.6 Å². The number of ether oxygens (including phenoxy) is 2. The normalized spacial score (nSPS) is 15.4. The summed E-state index contributed by atoms with van der Waals surface area (Å²) >= 11 is 0. The van der Waals surface area contributed by atoms with Gasteiger partial charge in [0.05, 0.1) is 4.90 Å². The molecule has 0 saturated heterocycles. The number of hydrogen-bond donors (Lipinski definition) is 1. The first-order chi connectivity index (χ1) is 14.5. The molecule has 1 heterocycles. The van der Waals surface area contributed by atoms with E-state index in [0.29, 0.717) is 37.4 Å². The van der Waals surface area contributed by atoms with Gasteiger partial charge in [-0.15, -0.1) is 0 Å². The maximum Gasteiger partial charge on any atom is 0.305 e. The molecule has 3 rings (SSSR count). The highest BCUT2D eigenvalue weighted by Crippen LogP contribution is 2.22. The van der Waals surface area contributed by atoms with Gasteiger partial charge in [0.2, 0.25) is 0 Å². The van der Waals surface area contributed by atoms with Gasteiger partial charge in [0, 0.05) is 18.5 Å². The summed E-state index contributed by atoms with van der Waals surface area (Å²) in [6, 6.07) is 14.5. The maximum atomic E-state index is 12.0. The summed E-state index contributed by atoms with van der Waals surface area (Å²) in [4.78, 5) is 16.4. The molecule has 1 N–H and O–H groups in total. The van der Waals surface area contributed by atoms with Gasteiger partial charge in [-0.05, 0) is 43.5 Å². The Bertz CT molecular complexity index is 1020. The van der Waals surface area contributed by atoms with E-state index in [1.807, 2.05) is 31.2 Å². The zero-order valence-electron chi connectivity index (χ0n) is 17.0. The molecule has 2 aromatic rings. The number of nitrogens with one attached hydrogen (secondary N) is 1. The molecule has 0 atom stereocenters. The molecule has 0 unspecified atom stereocenters. The SMILES string of the molecule is Cc1ccccc1OCCOC(=O)CCCCCN=C1NS(=O)(=O)c2ccccc21. The van der Waals surface area contributed by atoms with Gasteiger partial charge in [-0.25, -0.2) is 8.42 Å². The van der Waals surface area contributed by atoms with Gasteiger partial charge >= 0.3 is 5.97 Å². The standard InChI is InChI=1S/C22H26N2O5S/c1-17-9-4-6-11-19(17)28-15-16-29-21(25)13-3-2-8-14-23-22-18-10-5-7-12-20(18)30(26,27)24-22/h4-7,9-12H,2-3,8,13-16H2,1H3,(H,23,24). The van der Waals surface area contributed by atoms with Crippen molar-refractivity contribution < 1.29 is 22.7 Å². The van der Waals surface area contributed by atoms with Gasteiger partial charge in [-0.3, -0.25) is 14.5 Å². The molecule has 8 heteroatoms. The number of nitrogens with zero attached hydrogens (tertiary/aromatic N) is 1. The number of aryl methyl sites for hydroxylation is 1. The Kier molecular flexibility index (Phi) is 7.46. The molecule has 0 aliphatic carbocycles. The van der Waals surface area contributed by atoms with Crippen molar-refractivity contribution in [2.45, 2.75) is 37.5 Å². The Labute approximate surface area is 177 Å². The predicted molar refractivity (Wildman–Crippen MR) is 114 cm³/mol. The number of aliphatic imine (C=N–C) groups is 1. The monoisotopic (exact) mass is 430 g/mol. The van der Waals surface area contributed by atoms with Gasteiger partial charge < -0.3 is 9.47 Å². The molecule has 0 aromatic heterocycles. The van der Waals surface area contributed by atoms with E-state index in [2.05, 4.69) is 9.71 Å². The van der Waals surface area contributed by atoms with Crippen molar-refractivity contribution in [1.82, 2.24) is 4.72 Å². The number of rotatable bonds is 10. The third kappa shape index (κ3) is 5.82. The zero-order valence-corrected chi connectivity index (χ0v) is 17.8. The van der Waals surface area contributed by atoms with Crippen LogP contribution < -0.4 is 9.46 Å². The van der Waals surface area contributed by atoms with Gasteiger partial charge in [0.15, 0.2) is 0 Å². The van der Waals surface area contributed by atoms with Crippen LogP contribution >= 0.6 is 0 Å². The Hall–Kier alpha value is -2.87. The first kappa shape index (κ1) is 21.8. The Morgan fingerprint density at radius 3 is 2.60 bits per heavy atom. The molecule has 0 amide bonds. The number of benzene rings is 2. The van der Waals surface area contributed by atoms with Gasteiger partial charge in [0.1, 0.15) is 24.8 Å². The Balaban J connectivity index is 1.29. The molecule has 2 aromatic carbocycles. The Morgan fingerprint density at radius 2 is 1.77 bits per heavy atom. The zero-order chi connectivity index (χ0) is 21.4. The summed E-state index contributed by atoms with van der Waals surface area (Å²) < 4.78 is 37.3. The quantitative estimate of drug-likeness (QED) is 0.461. The van der Waals surface area contributed by atoms with Crippen molar-refractivity contribution in [3.8, 4) is 5.75 Å². The van der Waals surface area contributed by atoms with Gasteiger partial charge in [-0.1, -0.05) is 36.8 Å². The smallest absolute Gasteiger partial charge is 0.305 e. The molecule has 30 heavy (non-hydrogen) atoms. The van der Waals surface area contributed by atoms with E-state index in [4.69, 9.17) is 9.47 Å². The predicted octanol–water partition coefficient (Wildman–Crippen LogP) is 3.22. The first-order valence-electron chi connectivity index (χ1n) is 9.98. The topological polar surface area (TPSA) is 94.1 Å². The van der Waals surface area contributed by atoms with Crippen LogP contribution in [0.3, 0.4) is 0 Å². The van der Waals surface area contributed by atoms with Crippen LogP contribution in [0.5, 0.6) is 5.75 Å². The number of esters is 1. The molecule has 1 aliphatic heterocycles. The molecule has 0 saturated carbocycles. The van der Waals surface area contributed by atoms with Crippen LogP contribution in [0.1, 0.15) is 36.8 Å². The number of unbranched alkanes of at least 4 members (excludes halogenated alkanes) is 2. The van der Waals surface area contributed by atoms with E-state index < -0.39 is 10.0 Å². The minimum atomic E-state index is -3.50. The van der Waals surface area contributed by atoms with Crippen LogP contribution in [0, 0.1) is 6.92 Å². The number of para-hydroxylation sites is 1. The van der Waals surface area contributed by atoms with E-state index in [1.165, 1.54) is 0 Å². The second-order valence-electron chi connectivity index (χ2n) is 6.98. The molecular weight excluding hydrogens is 404 g/mol. The van der Waals surface area contributed by atoms with Crippen LogP contribution in [0.2, 0.25) is 0 Å². The van der Waals surface area contributed by atoms with Crippen LogP contribution in [0.25, 0.3) is 0 Å². The second-order valence-corrected chi connectivity index (χ2v) is 8.63. The molecule has 1 aliphatic rings. The molecule has 0 bridgehead atoms. The molecule has 0 radical (unpaired) electrons. The van der Waals surface area contributed by atoms with Crippen molar-refractivity contribution in [3.63, 3.8) is 0 Å². The molecule has 0 spiro atoms. The van der Waals surface area contributed by atoms with Crippen molar-refractivity contribution in [1.29, 1.82) is 0 Å². The third-order valence-electron chi connectivity index (χ3n) is 4.67. The minimum Gasteiger partial charge on any atom is -0.490 e. The summed E-state index contributed by atoms with van der Waals surface area (Å²) in [5, 5.41) is 0. The first-order valence-corrected chi connectivity index (χ1v) is 11.5. The number of sulfonamides is 1. The van der Waals surface area contributed by atoms with E-state index in [9.17, 15) is 13.2 Å². The van der Waals surface area contributed by atoms with Crippen molar-refractivity contribution >= 4 is 21.8 Å². The summed E-state index contributed by atoms with van der Waals surface area (Å²) in [7, 11) is -3.50. The lowest BCUT2D eigenvalue weighted by Gasteiger charge is -2.09. The number of fused-ring (bicyclic) bond motifs is 1. The molecule has 160 valence electrons. The van der Waals surface area contributed by atoms with Crippen LogP contribution in [-0.4, -0.2) is 40.0 Å². The molecule has 7 nitrogen and oxygen atoms in total. The molecule has 0 fully saturated rings. The summed E-state index contributed by atoms with van der Waals surface area (Å²) in [5.41, 5.74) is 1.65. The van der Waals surface area contributed by atoms with Crippen LogP contribution in [0.4, 0.5) is 0 Å². The number of amidine groups is 1. The summed E-state index contributed by atoms with van der Waals surface area (Å²) in [5.74, 6) is 0.938. The van der Waals surface area contributed by atoms with Gasteiger partial charge in [0.25, 0.3) is 10.0 Å². The van der Waals surface area contributed by atoms with E-state index in [1.54, 1.807) is 24.3 Å². The van der Waals surface area contributed by atoms with Gasteiger partial charge in [-0.2, -0.15) is 0 Å². The molecular formula is C22H26N2O5S. The number of hydrogen-bond acceptors (Lipinski definition) is 6. The van der Waals surface area contributed by atoms with E-state index in [-0.39, 0.29) is 17.5 Å². The van der Waals surface area contributed by atoms with Crippen LogP contribution in [0.15, 0.2) is 58.4 Å². The fraction of sp³-hybridized carbons (Fsp3) is 0.364. The largest absolute Gasteiger partial charge is 0.490 e. The number of carbonyl (C=O) groups is 1. The number of carbonyl (C=O) groups excluding carboxylic acids is 1. The fourth-order valence-corrected chi connectivity index (χ4v) is 4.35. The summed E-state index contributed by atoms with van der Waals surface area (Å²) in [6.07, 6.45) is 2.61. The fourth-order valence-electron chi connectivity index (χ4n) is 3.10. The average molecular weight is 431 g/mol. The highest BCUT2D eigenvalue weighted by atomic mass is 32.2. The average Bonchev–Trinajstić information content (AvgIpc) is 2.99. The maximum absolute atomic E-state index is 12.0. The van der Waals surface area contributed by atoms with Crippen molar-refractivity contribution in [3.05, 3.63) is 59.7 Å². The summed E-state index contributed by atoms with van der Waals surface area (Å²) in [6.45, 7) is 3.00. The van der Waals surface area contributed by atoms with E-state index >= 15 is 0 Å².